The molecule has 1 N–H and O–H groups in total. The number of hydrogen-bond donors (Lipinski definition) is 1. The smallest absolute Gasteiger partial charge is 0.256 e. The van der Waals surface area contributed by atoms with E-state index in [0.29, 0.717) is 36.8 Å². The van der Waals surface area contributed by atoms with Crippen LogP contribution in [0.25, 0.3) is 5.57 Å². The number of hydrogen-bond acceptors (Lipinski definition) is 5. The van der Waals surface area contributed by atoms with E-state index in [1.807, 2.05) is 72.8 Å². The number of morpholine rings is 1. The van der Waals surface area contributed by atoms with Gasteiger partial charge in [0.1, 0.15) is 11.6 Å². The molecule has 2 aliphatic heterocycles. The minimum Gasteiger partial charge on any atom is -0.497 e. The van der Waals surface area contributed by atoms with Gasteiger partial charge in [-0.2, -0.15) is 0 Å². The highest BCUT2D eigenvalue weighted by Gasteiger charge is 2.14. The maximum Gasteiger partial charge on any atom is 0.256 e. The van der Waals surface area contributed by atoms with Gasteiger partial charge in [-0.3, -0.25) is 4.79 Å². The number of amides is 1. The van der Waals surface area contributed by atoms with Crippen LogP contribution in [0, 0.1) is 0 Å². The lowest BCUT2D eigenvalue weighted by Gasteiger charge is -2.29. The summed E-state index contributed by atoms with van der Waals surface area (Å²) in [6.45, 7) is 3.04. The monoisotopic (exact) mass is 429 g/mol. The molecule has 2 heterocycles. The van der Waals surface area contributed by atoms with Crippen molar-refractivity contribution in [2.75, 3.05) is 38.3 Å². The quantitative estimate of drug-likeness (QED) is 0.792. The van der Waals surface area contributed by atoms with Crippen molar-refractivity contribution in [3.8, 4) is 0 Å². The number of anilines is 1. The number of nitrogens with one attached hydrogen (secondary N) is 1. The van der Waals surface area contributed by atoms with E-state index < -0.39 is 0 Å². The molecular formula is C26H27N3O3. The van der Waals surface area contributed by atoms with E-state index in [2.05, 4.69) is 15.2 Å². The average molecular weight is 430 g/mol. The molecule has 0 bridgehead atoms. The maximum absolute atomic E-state index is 13.0. The zero-order valence-corrected chi connectivity index (χ0v) is 18.2. The second-order valence-electron chi connectivity index (χ2n) is 7.48. The lowest BCUT2D eigenvalue weighted by atomic mass is 10.1. The molecule has 0 atom stereocenters. The van der Waals surface area contributed by atoms with Crippen LogP contribution < -0.4 is 10.2 Å². The molecule has 6 heteroatoms. The molecule has 1 fully saturated rings. The van der Waals surface area contributed by atoms with Crippen molar-refractivity contribution in [1.29, 1.82) is 0 Å². The van der Waals surface area contributed by atoms with Crippen LogP contribution in [0.1, 0.15) is 22.3 Å². The summed E-state index contributed by atoms with van der Waals surface area (Å²) in [5, 5.41) is 2.97. The number of methoxy groups -OCH3 is 1. The standard InChI is InChI=1S/C26H27N3O3/c1-31-24-11-10-22(20-6-3-2-4-7-20)19-27-25(13-12-24)28-26(30)21-8-5-9-23(18-21)29-14-16-32-17-15-29/h2-12,18-19H,13-17H2,1H3,(H,27,28,30)/b11-10?,22-19+,24-12?. The molecule has 0 unspecified atom stereocenters. The second kappa shape index (κ2) is 10.6. The first-order valence-corrected chi connectivity index (χ1v) is 10.7. The van der Waals surface area contributed by atoms with Crippen molar-refractivity contribution < 1.29 is 14.3 Å². The zero-order chi connectivity index (χ0) is 22.2. The van der Waals surface area contributed by atoms with E-state index in [-0.39, 0.29) is 5.91 Å². The first-order valence-electron chi connectivity index (χ1n) is 10.7. The fourth-order valence-electron chi connectivity index (χ4n) is 3.59. The molecule has 2 aliphatic rings. The van der Waals surface area contributed by atoms with Gasteiger partial charge >= 0.3 is 0 Å². The molecule has 164 valence electrons. The first kappa shape index (κ1) is 21.6. The molecule has 6 nitrogen and oxygen atoms in total. The Balaban J connectivity index is 1.56. The summed E-state index contributed by atoms with van der Waals surface area (Å²) in [6, 6.07) is 17.7. The maximum atomic E-state index is 13.0. The summed E-state index contributed by atoms with van der Waals surface area (Å²) >= 11 is 0. The van der Waals surface area contributed by atoms with Crippen LogP contribution >= 0.6 is 0 Å². The Morgan fingerprint density at radius 3 is 2.66 bits per heavy atom. The molecule has 0 spiro atoms. The van der Waals surface area contributed by atoms with E-state index in [1.54, 1.807) is 13.3 Å². The molecule has 1 saturated heterocycles. The van der Waals surface area contributed by atoms with E-state index in [0.717, 1.165) is 29.9 Å². The van der Waals surface area contributed by atoms with Crippen LogP contribution in [0.4, 0.5) is 5.69 Å². The Morgan fingerprint density at radius 1 is 1.06 bits per heavy atom. The average Bonchev–Trinajstić information content (AvgIpc) is 2.96. The number of rotatable bonds is 4. The van der Waals surface area contributed by atoms with Gasteiger partial charge in [-0.25, -0.2) is 4.99 Å². The highest BCUT2D eigenvalue weighted by Crippen LogP contribution is 2.20. The van der Waals surface area contributed by atoms with Crippen LogP contribution in [-0.4, -0.2) is 45.2 Å². The molecule has 0 radical (unpaired) electrons. The van der Waals surface area contributed by atoms with Gasteiger partial charge in [0.2, 0.25) is 0 Å². The second-order valence-corrected chi connectivity index (χ2v) is 7.48. The van der Waals surface area contributed by atoms with Gasteiger partial charge in [-0.1, -0.05) is 36.4 Å². The Bertz CT molecular complexity index is 1060. The Labute approximate surface area is 188 Å². The van der Waals surface area contributed by atoms with Crippen molar-refractivity contribution in [2.24, 2.45) is 4.99 Å². The molecule has 2 aromatic carbocycles. The highest BCUT2D eigenvalue weighted by atomic mass is 16.5. The molecular weight excluding hydrogens is 402 g/mol. The largest absolute Gasteiger partial charge is 0.497 e. The fraction of sp³-hybridized carbons (Fsp3) is 0.231. The van der Waals surface area contributed by atoms with Crippen molar-refractivity contribution in [2.45, 2.75) is 6.42 Å². The van der Waals surface area contributed by atoms with Crippen molar-refractivity contribution in [3.63, 3.8) is 0 Å². The van der Waals surface area contributed by atoms with Gasteiger partial charge in [0.15, 0.2) is 0 Å². The third kappa shape index (κ3) is 5.53. The van der Waals surface area contributed by atoms with Crippen molar-refractivity contribution in [3.05, 3.63) is 95.9 Å². The number of allylic oxidation sites excluding steroid dienone is 3. The van der Waals surface area contributed by atoms with E-state index in [9.17, 15) is 4.79 Å². The third-order valence-electron chi connectivity index (χ3n) is 5.37. The van der Waals surface area contributed by atoms with Gasteiger partial charge in [0.25, 0.3) is 5.91 Å². The molecule has 1 amide bonds. The number of carbonyl (C=O) groups is 1. The first-order chi connectivity index (χ1) is 15.7. The molecule has 32 heavy (non-hydrogen) atoms. The normalized spacial score (nSPS) is 18.3. The Kier molecular flexibility index (Phi) is 7.15. The Hall–Kier alpha value is -3.64. The van der Waals surface area contributed by atoms with Gasteiger partial charge in [-0.15, -0.1) is 0 Å². The fourth-order valence-corrected chi connectivity index (χ4v) is 3.59. The van der Waals surface area contributed by atoms with Gasteiger partial charge in [0, 0.05) is 42.5 Å². The van der Waals surface area contributed by atoms with Gasteiger partial charge < -0.3 is 19.7 Å². The number of aliphatic imine (C=N–C) groups is 1. The summed E-state index contributed by atoms with van der Waals surface area (Å²) in [4.78, 5) is 19.8. The minimum absolute atomic E-state index is 0.187. The van der Waals surface area contributed by atoms with E-state index in [4.69, 9.17) is 9.47 Å². The lowest BCUT2D eigenvalue weighted by molar-refractivity contribution is 0.0976. The van der Waals surface area contributed by atoms with Gasteiger partial charge in [0.05, 0.1) is 20.3 Å². The molecule has 0 aromatic heterocycles. The van der Waals surface area contributed by atoms with Crippen molar-refractivity contribution in [1.82, 2.24) is 5.32 Å². The summed E-state index contributed by atoms with van der Waals surface area (Å²) in [5.74, 6) is 1.08. The SMILES string of the molecule is COC1=CCC(NC(=O)c2cccc(N3CCOCC3)c2)=N/C=C(/c2ccccc2)C=C1. The number of benzene rings is 2. The molecule has 0 saturated carbocycles. The summed E-state index contributed by atoms with van der Waals surface area (Å²) in [6.07, 6.45) is 8.00. The third-order valence-corrected chi connectivity index (χ3v) is 5.37. The molecule has 0 aliphatic carbocycles. The highest BCUT2D eigenvalue weighted by molar-refractivity contribution is 6.07. The van der Waals surface area contributed by atoms with Crippen LogP contribution in [0.3, 0.4) is 0 Å². The van der Waals surface area contributed by atoms with E-state index >= 15 is 0 Å². The summed E-state index contributed by atoms with van der Waals surface area (Å²) in [7, 11) is 1.63. The number of amidine groups is 1. The topological polar surface area (TPSA) is 63.2 Å². The summed E-state index contributed by atoms with van der Waals surface area (Å²) < 4.78 is 10.9. The Morgan fingerprint density at radius 2 is 1.88 bits per heavy atom. The zero-order valence-electron chi connectivity index (χ0n) is 18.2. The van der Waals surface area contributed by atoms with Crippen LogP contribution in [-0.2, 0) is 9.47 Å². The lowest BCUT2D eigenvalue weighted by Crippen LogP contribution is -2.36. The van der Waals surface area contributed by atoms with Crippen LogP contribution in [0.2, 0.25) is 0 Å². The molecule has 4 rings (SSSR count). The van der Waals surface area contributed by atoms with Gasteiger partial charge in [-0.05, 0) is 42.0 Å². The number of ether oxygens (including phenoxy) is 2. The number of nitrogens with zero attached hydrogens (tertiary/aromatic N) is 2. The summed E-state index contributed by atoms with van der Waals surface area (Å²) in [5.41, 5.74) is 3.58. The predicted molar refractivity (Wildman–Crippen MR) is 128 cm³/mol. The van der Waals surface area contributed by atoms with E-state index in [1.165, 1.54) is 0 Å². The molecule has 2 aromatic rings. The van der Waals surface area contributed by atoms with Crippen molar-refractivity contribution >= 4 is 23.0 Å². The van der Waals surface area contributed by atoms with Crippen LogP contribution in [0.15, 0.2) is 89.8 Å². The minimum atomic E-state index is -0.187. The van der Waals surface area contributed by atoms with Crippen LogP contribution in [0.5, 0.6) is 0 Å². The number of carbonyl (C=O) groups excluding carboxylic acids is 1. The predicted octanol–water partition coefficient (Wildman–Crippen LogP) is 4.18.